The molecule has 0 aliphatic carbocycles. The number of anilines is 1. The Bertz CT molecular complexity index is 441. The minimum atomic E-state index is -0.668. The third-order valence-electron chi connectivity index (χ3n) is 1.96. The lowest BCUT2D eigenvalue weighted by Crippen LogP contribution is -2.27. The minimum Gasteiger partial charge on any atom is -0.444 e. The van der Waals surface area contributed by atoms with E-state index in [4.69, 9.17) is 4.74 Å². The van der Waals surface area contributed by atoms with Gasteiger partial charge in [0, 0.05) is 10.0 Å². The molecule has 0 saturated heterocycles. The summed E-state index contributed by atoms with van der Waals surface area (Å²) in [5, 5.41) is 2.38. The highest BCUT2D eigenvalue weighted by Gasteiger charge is 2.18. The fourth-order valence-electron chi connectivity index (χ4n) is 1.17. The normalized spacial score (nSPS) is 11.2. The fraction of sp³-hybridized carbons (Fsp3) is 0.417. The van der Waals surface area contributed by atoms with Gasteiger partial charge in [0.2, 0.25) is 0 Å². The first-order chi connectivity index (χ1) is 7.70. The van der Waals surface area contributed by atoms with Gasteiger partial charge in [-0.05, 0) is 39.8 Å². The Balaban J connectivity index is 2.83. The van der Waals surface area contributed by atoms with Crippen LogP contribution in [0.5, 0.6) is 0 Å². The van der Waals surface area contributed by atoms with Crippen molar-refractivity contribution in [3.05, 3.63) is 28.0 Å². The zero-order valence-corrected chi connectivity index (χ0v) is 11.8. The molecule has 0 aliphatic heterocycles. The Labute approximate surface area is 108 Å². The summed E-state index contributed by atoms with van der Waals surface area (Å²) in [5.74, 6) is -0.467. The van der Waals surface area contributed by atoms with Crippen LogP contribution in [0.2, 0.25) is 0 Å². The summed E-state index contributed by atoms with van der Waals surface area (Å²) < 4.78 is 19.5. The van der Waals surface area contributed by atoms with E-state index >= 15 is 0 Å². The van der Waals surface area contributed by atoms with Gasteiger partial charge >= 0.3 is 6.09 Å². The van der Waals surface area contributed by atoms with Crippen LogP contribution in [0, 0.1) is 12.7 Å². The summed E-state index contributed by atoms with van der Waals surface area (Å²) in [4.78, 5) is 11.5. The third-order valence-corrected chi connectivity index (χ3v) is 2.81. The molecule has 0 radical (unpaired) electrons. The number of benzene rings is 1. The average molecular weight is 304 g/mol. The molecule has 0 spiro atoms. The molecule has 0 aromatic heterocycles. The van der Waals surface area contributed by atoms with E-state index < -0.39 is 17.5 Å². The molecule has 94 valence electrons. The molecule has 5 heteroatoms. The second kappa shape index (κ2) is 5.04. The van der Waals surface area contributed by atoms with E-state index in [1.54, 1.807) is 33.8 Å². The number of hydrogen-bond donors (Lipinski definition) is 1. The highest BCUT2D eigenvalue weighted by Crippen LogP contribution is 2.25. The first-order valence-corrected chi connectivity index (χ1v) is 5.94. The molecule has 0 unspecified atom stereocenters. The van der Waals surface area contributed by atoms with Crippen LogP contribution in [0.3, 0.4) is 0 Å². The van der Waals surface area contributed by atoms with Crippen molar-refractivity contribution in [2.75, 3.05) is 5.32 Å². The SMILES string of the molecule is Cc1c(Br)ccc(NC(=O)OC(C)(C)C)c1F. The second-order valence-electron chi connectivity index (χ2n) is 4.66. The number of ether oxygens (including phenoxy) is 1. The van der Waals surface area contributed by atoms with Gasteiger partial charge in [-0.1, -0.05) is 15.9 Å². The third kappa shape index (κ3) is 4.00. The van der Waals surface area contributed by atoms with E-state index in [9.17, 15) is 9.18 Å². The Hall–Kier alpha value is -1.10. The van der Waals surface area contributed by atoms with Gasteiger partial charge in [-0.25, -0.2) is 9.18 Å². The van der Waals surface area contributed by atoms with Crippen molar-refractivity contribution < 1.29 is 13.9 Å². The lowest BCUT2D eigenvalue weighted by molar-refractivity contribution is 0.0635. The van der Waals surface area contributed by atoms with Crippen LogP contribution < -0.4 is 5.32 Å². The predicted octanol–water partition coefficient (Wildman–Crippen LogP) is 4.24. The molecule has 0 fully saturated rings. The van der Waals surface area contributed by atoms with Crippen molar-refractivity contribution in [1.82, 2.24) is 0 Å². The first-order valence-electron chi connectivity index (χ1n) is 5.15. The molecule has 1 amide bonds. The van der Waals surface area contributed by atoms with Gasteiger partial charge in [-0.3, -0.25) is 5.32 Å². The van der Waals surface area contributed by atoms with Gasteiger partial charge in [0.15, 0.2) is 5.82 Å². The van der Waals surface area contributed by atoms with E-state index in [0.29, 0.717) is 10.0 Å². The molecule has 0 bridgehead atoms. The van der Waals surface area contributed by atoms with Crippen molar-refractivity contribution in [2.24, 2.45) is 0 Å². The van der Waals surface area contributed by atoms with E-state index in [-0.39, 0.29) is 5.69 Å². The summed E-state index contributed by atoms with van der Waals surface area (Å²) in [7, 11) is 0. The van der Waals surface area contributed by atoms with E-state index in [1.165, 1.54) is 6.07 Å². The maximum absolute atomic E-state index is 13.8. The van der Waals surface area contributed by atoms with Crippen LogP contribution in [-0.2, 0) is 4.74 Å². The summed E-state index contributed by atoms with van der Waals surface area (Å²) in [5.41, 5.74) is -0.0520. The maximum Gasteiger partial charge on any atom is 0.412 e. The Kier molecular flexibility index (Phi) is 4.14. The molecular formula is C12H15BrFNO2. The summed E-state index contributed by atoms with van der Waals surface area (Å²) in [6, 6.07) is 3.15. The maximum atomic E-state index is 13.8. The number of rotatable bonds is 1. The van der Waals surface area contributed by atoms with Crippen LogP contribution >= 0.6 is 15.9 Å². The Morgan fingerprint density at radius 2 is 2.00 bits per heavy atom. The number of halogens is 2. The molecule has 1 N–H and O–H groups in total. The first kappa shape index (κ1) is 14.0. The van der Waals surface area contributed by atoms with Gasteiger partial charge in [0.1, 0.15) is 5.60 Å². The van der Waals surface area contributed by atoms with Crippen LogP contribution in [0.1, 0.15) is 26.3 Å². The van der Waals surface area contributed by atoms with Crippen molar-refractivity contribution in [3.8, 4) is 0 Å². The smallest absolute Gasteiger partial charge is 0.412 e. The standard InChI is InChI=1S/C12H15BrFNO2/c1-7-8(13)5-6-9(10(7)14)15-11(16)17-12(2,3)4/h5-6H,1-4H3,(H,15,16). The molecule has 1 aromatic rings. The molecule has 0 saturated carbocycles. The van der Waals surface area contributed by atoms with E-state index in [2.05, 4.69) is 21.2 Å². The van der Waals surface area contributed by atoms with Crippen LogP contribution in [0.25, 0.3) is 0 Å². The predicted molar refractivity (Wildman–Crippen MR) is 68.7 cm³/mol. The topological polar surface area (TPSA) is 38.3 Å². The van der Waals surface area contributed by atoms with Crippen LogP contribution in [0.4, 0.5) is 14.9 Å². The Morgan fingerprint density at radius 3 is 2.53 bits per heavy atom. The van der Waals surface area contributed by atoms with Gasteiger partial charge in [-0.2, -0.15) is 0 Å². The second-order valence-corrected chi connectivity index (χ2v) is 5.52. The van der Waals surface area contributed by atoms with E-state index in [1.807, 2.05) is 0 Å². The lowest BCUT2D eigenvalue weighted by atomic mass is 10.2. The molecule has 1 aromatic carbocycles. The Morgan fingerprint density at radius 1 is 1.41 bits per heavy atom. The zero-order valence-electron chi connectivity index (χ0n) is 10.2. The highest BCUT2D eigenvalue weighted by molar-refractivity contribution is 9.10. The minimum absolute atomic E-state index is 0.111. The number of amides is 1. The van der Waals surface area contributed by atoms with Crippen LogP contribution in [-0.4, -0.2) is 11.7 Å². The molecule has 1 rings (SSSR count). The molecular weight excluding hydrogens is 289 g/mol. The van der Waals surface area contributed by atoms with Crippen LogP contribution in [0.15, 0.2) is 16.6 Å². The zero-order chi connectivity index (χ0) is 13.2. The number of nitrogens with one attached hydrogen (secondary N) is 1. The van der Waals surface area contributed by atoms with Crippen molar-refractivity contribution >= 4 is 27.7 Å². The molecule has 0 heterocycles. The van der Waals surface area contributed by atoms with E-state index in [0.717, 1.165) is 0 Å². The molecule has 0 atom stereocenters. The summed E-state index contributed by atoms with van der Waals surface area (Å²) >= 11 is 3.21. The quantitative estimate of drug-likeness (QED) is 0.842. The number of carbonyl (C=O) groups is 1. The van der Waals surface area contributed by atoms with Crippen molar-refractivity contribution in [2.45, 2.75) is 33.3 Å². The monoisotopic (exact) mass is 303 g/mol. The lowest BCUT2D eigenvalue weighted by Gasteiger charge is -2.20. The molecule has 3 nitrogen and oxygen atoms in total. The summed E-state index contributed by atoms with van der Waals surface area (Å²) in [6.07, 6.45) is -0.668. The number of carbonyl (C=O) groups excluding carboxylic acids is 1. The van der Waals surface area contributed by atoms with Gasteiger partial charge in [-0.15, -0.1) is 0 Å². The fourth-order valence-corrected chi connectivity index (χ4v) is 1.48. The highest BCUT2D eigenvalue weighted by atomic mass is 79.9. The molecule has 17 heavy (non-hydrogen) atoms. The molecule has 0 aliphatic rings. The van der Waals surface area contributed by atoms with Gasteiger partial charge in [0.25, 0.3) is 0 Å². The van der Waals surface area contributed by atoms with Gasteiger partial charge in [0.05, 0.1) is 5.69 Å². The summed E-state index contributed by atoms with van der Waals surface area (Å²) in [6.45, 7) is 6.86. The van der Waals surface area contributed by atoms with Gasteiger partial charge < -0.3 is 4.74 Å². The largest absolute Gasteiger partial charge is 0.444 e. The van der Waals surface area contributed by atoms with Crippen molar-refractivity contribution in [1.29, 1.82) is 0 Å². The van der Waals surface area contributed by atoms with Crippen molar-refractivity contribution in [3.63, 3.8) is 0 Å². The number of hydrogen-bond acceptors (Lipinski definition) is 2. The average Bonchev–Trinajstić information content (AvgIpc) is 2.16.